The fourth-order valence-corrected chi connectivity index (χ4v) is 4.84. The van der Waals surface area contributed by atoms with Crippen molar-refractivity contribution in [3.8, 4) is 0 Å². The molecule has 1 nitrogen and oxygen atoms in total. The highest BCUT2D eigenvalue weighted by Crippen LogP contribution is 2.84. The number of hydrogen-bond donors (Lipinski definition) is 1. The average Bonchev–Trinajstić information content (AvgIpc) is 2.64. The van der Waals surface area contributed by atoms with Crippen LogP contribution in [0.15, 0.2) is 0 Å². The first-order chi connectivity index (χ1) is 6.33. The maximum Gasteiger partial charge on any atom is 0.0681 e. The van der Waals surface area contributed by atoms with E-state index in [0.29, 0.717) is 16.2 Å². The van der Waals surface area contributed by atoms with Gasteiger partial charge in [-0.3, -0.25) is 0 Å². The van der Waals surface area contributed by atoms with Crippen LogP contribution in [0.3, 0.4) is 0 Å². The summed E-state index contributed by atoms with van der Waals surface area (Å²) in [6, 6.07) is 0. The highest BCUT2D eigenvalue weighted by molar-refractivity contribution is 5.28. The standard InChI is InChI=1S/C13H22O/c1-10(2)4-7-13-9-12(13,8-10)6-5-11(13,3)14/h14H,4-9H2,1-3H3/t11-,12+,13-/m1/s1. The first-order valence-corrected chi connectivity index (χ1v) is 6.05. The monoisotopic (exact) mass is 194 g/mol. The van der Waals surface area contributed by atoms with Crippen LogP contribution < -0.4 is 0 Å². The third kappa shape index (κ3) is 0.816. The van der Waals surface area contributed by atoms with Gasteiger partial charge in [-0.1, -0.05) is 13.8 Å². The Morgan fingerprint density at radius 3 is 2.29 bits per heavy atom. The topological polar surface area (TPSA) is 20.2 Å². The highest BCUT2D eigenvalue weighted by Gasteiger charge is 2.79. The normalized spacial score (nSPS) is 59.1. The van der Waals surface area contributed by atoms with Gasteiger partial charge in [0.15, 0.2) is 0 Å². The Bertz CT molecular complexity index is 292. The van der Waals surface area contributed by atoms with Crippen LogP contribution in [0.1, 0.15) is 59.3 Å². The molecule has 14 heavy (non-hydrogen) atoms. The summed E-state index contributed by atoms with van der Waals surface area (Å²) in [6.45, 7) is 6.88. The van der Waals surface area contributed by atoms with Gasteiger partial charge in [0.25, 0.3) is 0 Å². The summed E-state index contributed by atoms with van der Waals surface area (Å²) in [5.74, 6) is 0. The molecule has 0 aromatic heterocycles. The molecule has 3 atom stereocenters. The van der Waals surface area contributed by atoms with Crippen LogP contribution in [0, 0.1) is 16.2 Å². The summed E-state index contributed by atoms with van der Waals surface area (Å²) in [4.78, 5) is 0. The Hall–Kier alpha value is -0.0400. The molecule has 0 unspecified atom stereocenters. The van der Waals surface area contributed by atoms with Crippen LogP contribution in [0.2, 0.25) is 0 Å². The highest BCUT2D eigenvalue weighted by atomic mass is 16.3. The predicted molar refractivity (Wildman–Crippen MR) is 57.0 cm³/mol. The molecule has 3 rings (SSSR count). The SMILES string of the molecule is CC1(C)CC[C@]23C[C@]2(CC[C@@]3(C)O)C1. The summed E-state index contributed by atoms with van der Waals surface area (Å²) < 4.78 is 0. The van der Waals surface area contributed by atoms with Crippen molar-refractivity contribution in [2.24, 2.45) is 16.2 Å². The fraction of sp³-hybridized carbons (Fsp3) is 1.00. The van der Waals surface area contributed by atoms with E-state index >= 15 is 0 Å². The summed E-state index contributed by atoms with van der Waals surface area (Å²) in [7, 11) is 0. The summed E-state index contributed by atoms with van der Waals surface area (Å²) in [5, 5.41) is 10.5. The van der Waals surface area contributed by atoms with Crippen molar-refractivity contribution in [1.82, 2.24) is 0 Å². The van der Waals surface area contributed by atoms with E-state index in [-0.39, 0.29) is 5.60 Å². The van der Waals surface area contributed by atoms with Crippen LogP contribution in [0.25, 0.3) is 0 Å². The Kier molecular flexibility index (Phi) is 1.36. The molecule has 80 valence electrons. The van der Waals surface area contributed by atoms with Crippen LogP contribution in [-0.2, 0) is 0 Å². The largest absolute Gasteiger partial charge is 0.390 e. The zero-order valence-corrected chi connectivity index (χ0v) is 9.69. The van der Waals surface area contributed by atoms with E-state index in [1.165, 1.54) is 32.1 Å². The van der Waals surface area contributed by atoms with E-state index < -0.39 is 0 Å². The molecule has 0 saturated heterocycles. The van der Waals surface area contributed by atoms with Crippen molar-refractivity contribution in [3.05, 3.63) is 0 Å². The van der Waals surface area contributed by atoms with Crippen LogP contribution >= 0.6 is 0 Å². The van der Waals surface area contributed by atoms with Gasteiger partial charge in [0, 0.05) is 5.41 Å². The number of aliphatic hydroxyl groups is 1. The van der Waals surface area contributed by atoms with Gasteiger partial charge >= 0.3 is 0 Å². The molecule has 3 fully saturated rings. The molecule has 1 heteroatoms. The molecule has 0 heterocycles. The smallest absolute Gasteiger partial charge is 0.0681 e. The predicted octanol–water partition coefficient (Wildman–Crippen LogP) is 3.12. The lowest BCUT2D eigenvalue weighted by Crippen LogP contribution is -2.38. The molecule has 0 aromatic carbocycles. The molecule has 0 bridgehead atoms. The Balaban J connectivity index is 1.96. The van der Waals surface area contributed by atoms with Crippen molar-refractivity contribution in [3.63, 3.8) is 0 Å². The number of hydrogen-bond acceptors (Lipinski definition) is 1. The summed E-state index contributed by atoms with van der Waals surface area (Å²) >= 11 is 0. The van der Waals surface area contributed by atoms with E-state index in [1.807, 2.05) is 0 Å². The molecular weight excluding hydrogens is 172 g/mol. The van der Waals surface area contributed by atoms with Crippen molar-refractivity contribution < 1.29 is 5.11 Å². The van der Waals surface area contributed by atoms with E-state index in [1.54, 1.807) is 0 Å². The van der Waals surface area contributed by atoms with E-state index in [9.17, 15) is 5.11 Å². The second-order valence-corrected chi connectivity index (χ2v) is 7.15. The molecule has 1 N–H and O–H groups in total. The lowest BCUT2D eigenvalue weighted by Gasteiger charge is -2.40. The number of rotatable bonds is 0. The van der Waals surface area contributed by atoms with Gasteiger partial charge in [0.2, 0.25) is 0 Å². The maximum atomic E-state index is 10.5. The minimum absolute atomic E-state index is 0.343. The fourth-order valence-electron chi connectivity index (χ4n) is 4.84. The van der Waals surface area contributed by atoms with Crippen molar-refractivity contribution in [1.29, 1.82) is 0 Å². The molecule has 3 saturated carbocycles. The maximum absolute atomic E-state index is 10.5. The van der Waals surface area contributed by atoms with Gasteiger partial charge in [-0.25, -0.2) is 0 Å². The quantitative estimate of drug-likeness (QED) is 0.628. The van der Waals surface area contributed by atoms with Gasteiger partial charge in [0.1, 0.15) is 0 Å². The zero-order chi connectivity index (χ0) is 10.2. The minimum atomic E-state index is -0.344. The molecule has 3 aliphatic carbocycles. The second-order valence-electron chi connectivity index (χ2n) is 7.15. The van der Waals surface area contributed by atoms with Crippen LogP contribution in [0.5, 0.6) is 0 Å². The van der Waals surface area contributed by atoms with Gasteiger partial charge in [0.05, 0.1) is 5.60 Å². The zero-order valence-electron chi connectivity index (χ0n) is 9.69. The van der Waals surface area contributed by atoms with Gasteiger partial charge in [-0.05, 0) is 56.3 Å². The van der Waals surface area contributed by atoms with Crippen molar-refractivity contribution >= 4 is 0 Å². The third-order valence-electron chi connectivity index (χ3n) is 5.70. The Morgan fingerprint density at radius 2 is 1.57 bits per heavy atom. The van der Waals surface area contributed by atoms with Crippen molar-refractivity contribution in [2.45, 2.75) is 64.9 Å². The Morgan fingerprint density at radius 1 is 0.857 bits per heavy atom. The third-order valence-corrected chi connectivity index (χ3v) is 5.70. The Labute approximate surface area is 86.9 Å². The molecule has 0 radical (unpaired) electrons. The summed E-state index contributed by atoms with van der Waals surface area (Å²) in [6.07, 6.45) is 7.58. The first-order valence-electron chi connectivity index (χ1n) is 6.05. The molecular formula is C13H22O. The van der Waals surface area contributed by atoms with E-state index in [2.05, 4.69) is 20.8 Å². The van der Waals surface area contributed by atoms with Crippen LogP contribution in [-0.4, -0.2) is 10.7 Å². The van der Waals surface area contributed by atoms with Crippen molar-refractivity contribution in [2.75, 3.05) is 0 Å². The lowest BCUT2D eigenvalue weighted by atomic mass is 9.66. The van der Waals surface area contributed by atoms with E-state index in [4.69, 9.17) is 0 Å². The molecule has 0 aromatic rings. The minimum Gasteiger partial charge on any atom is -0.390 e. The van der Waals surface area contributed by atoms with Gasteiger partial charge in [-0.2, -0.15) is 0 Å². The molecule has 3 aliphatic rings. The van der Waals surface area contributed by atoms with Crippen LogP contribution in [0.4, 0.5) is 0 Å². The van der Waals surface area contributed by atoms with Gasteiger partial charge < -0.3 is 5.11 Å². The van der Waals surface area contributed by atoms with E-state index in [0.717, 1.165) is 6.42 Å². The lowest BCUT2D eigenvalue weighted by molar-refractivity contribution is -0.0314. The summed E-state index contributed by atoms with van der Waals surface area (Å²) in [5.41, 5.74) is 1.08. The van der Waals surface area contributed by atoms with Gasteiger partial charge in [-0.15, -0.1) is 0 Å². The molecule has 0 amide bonds. The molecule has 0 aliphatic heterocycles. The average molecular weight is 194 g/mol. The second kappa shape index (κ2) is 2.07. The molecule has 0 spiro atoms. The first kappa shape index (κ1) is 9.21.